The summed E-state index contributed by atoms with van der Waals surface area (Å²) in [6, 6.07) is 13.0. The first-order chi connectivity index (χ1) is 15.3. The Bertz CT molecular complexity index is 853. The fourth-order valence-corrected chi connectivity index (χ4v) is 4.37. The van der Waals surface area contributed by atoms with Gasteiger partial charge in [0.2, 0.25) is 0 Å². The largest absolute Gasteiger partial charge is 0.468 e. The number of halogens is 1. The molecule has 174 valence electrons. The highest BCUT2D eigenvalue weighted by Gasteiger charge is 2.24. The number of piperidine rings is 1. The van der Waals surface area contributed by atoms with E-state index in [4.69, 9.17) is 9.41 Å². The van der Waals surface area contributed by atoms with Crippen LogP contribution in [0.2, 0.25) is 0 Å². The number of furan rings is 1. The third-order valence-electron chi connectivity index (χ3n) is 6.02. The fourth-order valence-electron chi connectivity index (χ4n) is 4.37. The van der Waals surface area contributed by atoms with E-state index in [1.54, 1.807) is 6.26 Å². The van der Waals surface area contributed by atoms with Crippen molar-refractivity contribution in [2.75, 3.05) is 44.2 Å². The maximum Gasteiger partial charge on any atom is 0.191 e. The fraction of sp³-hybridized carbons (Fsp3) is 0.480. The first-order valence-corrected chi connectivity index (χ1v) is 11.6. The zero-order valence-electron chi connectivity index (χ0n) is 19.0. The third kappa shape index (κ3) is 6.75. The Morgan fingerprint density at radius 3 is 2.59 bits per heavy atom. The summed E-state index contributed by atoms with van der Waals surface area (Å²) in [5.41, 5.74) is 2.49. The molecule has 4 rings (SSSR count). The summed E-state index contributed by atoms with van der Waals surface area (Å²) in [6.45, 7) is 8.59. The summed E-state index contributed by atoms with van der Waals surface area (Å²) in [5.74, 6) is 1.88. The van der Waals surface area contributed by atoms with Crippen molar-refractivity contribution in [1.29, 1.82) is 0 Å². The number of aliphatic imine (C=N–C) groups is 1. The molecular formula is C25H36IN5O. The van der Waals surface area contributed by atoms with Gasteiger partial charge in [0.25, 0.3) is 0 Å². The summed E-state index contributed by atoms with van der Waals surface area (Å²) >= 11 is 0. The van der Waals surface area contributed by atoms with Crippen LogP contribution in [0.15, 0.2) is 64.2 Å². The van der Waals surface area contributed by atoms with Crippen LogP contribution in [-0.4, -0.2) is 50.1 Å². The van der Waals surface area contributed by atoms with E-state index in [1.165, 1.54) is 30.5 Å². The SMILES string of the molecule is CCNC(=NCc1cccc(N2CC=CC2)c1)NCC(c1ccco1)N1CCCCC1.I. The molecule has 0 amide bonds. The molecule has 32 heavy (non-hydrogen) atoms. The Hall–Kier alpha value is -2.00. The predicted molar refractivity (Wildman–Crippen MR) is 143 cm³/mol. The number of rotatable bonds is 8. The van der Waals surface area contributed by atoms with Crippen LogP contribution in [0.4, 0.5) is 5.69 Å². The second-order valence-corrected chi connectivity index (χ2v) is 8.25. The second-order valence-electron chi connectivity index (χ2n) is 8.25. The van der Waals surface area contributed by atoms with E-state index < -0.39 is 0 Å². The number of benzene rings is 1. The molecule has 0 saturated carbocycles. The molecule has 3 heterocycles. The van der Waals surface area contributed by atoms with Crippen molar-refractivity contribution in [3.8, 4) is 0 Å². The van der Waals surface area contributed by atoms with Crippen molar-refractivity contribution in [2.24, 2.45) is 4.99 Å². The predicted octanol–water partition coefficient (Wildman–Crippen LogP) is 4.56. The van der Waals surface area contributed by atoms with E-state index in [1.807, 2.05) is 6.07 Å². The van der Waals surface area contributed by atoms with Gasteiger partial charge in [-0.25, -0.2) is 4.99 Å². The lowest BCUT2D eigenvalue weighted by Crippen LogP contribution is -2.44. The minimum Gasteiger partial charge on any atom is -0.468 e. The molecule has 6 nitrogen and oxygen atoms in total. The third-order valence-corrected chi connectivity index (χ3v) is 6.02. The standard InChI is InChI=1S/C25H35N5O.HI/c1-2-26-25(27-19-21-10-8-11-22(18-21)29-13-6-7-14-29)28-20-23(24-12-9-17-31-24)30-15-4-3-5-16-30;/h6-12,17-18,23H,2-5,13-16,19-20H2,1H3,(H2,26,27,28);1H. The van der Waals surface area contributed by atoms with Gasteiger partial charge in [-0.1, -0.05) is 30.7 Å². The topological polar surface area (TPSA) is 56.0 Å². The van der Waals surface area contributed by atoms with E-state index >= 15 is 0 Å². The van der Waals surface area contributed by atoms with Gasteiger partial charge in [0.05, 0.1) is 18.8 Å². The molecule has 2 aromatic rings. The number of nitrogens with one attached hydrogen (secondary N) is 2. The average Bonchev–Trinajstić information content (AvgIpc) is 3.53. The first-order valence-electron chi connectivity index (χ1n) is 11.6. The van der Waals surface area contributed by atoms with E-state index in [0.29, 0.717) is 6.54 Å². The molecule has 1 aromatic carbocycles. The van der Waals surface area contributed by atoms with Crippen molar-refractivity contribution in [1.82, 2.24) is 15.5 Å². The van der Waals surface area contributed by atoms with Crippen LogP contribution in [0.1, 0.15) is 43.6 Å². The van der Waals surface area contributed by atoms with Gasteiger partial charge < -0.3 is 20.0 Å². The zero-order chi connectivity index (χ0) is 21.3. The summed E-state index contributed by atoms with van der Waals surface area (Å²) in [6.07, 6.45) is 10.0. The van der Waals surface area contributed by atoms with Gasteiger partial charge in [-0.05, 0) is 62.7 Å². The smallest absolute Gasteiger partial charge is 0.191 e. The first kappa shape index (κ1) is 24.6. The Morgan fingerprint density at radius 1 is 1.06 bits per heavy atom. The molecule has 1 saturated heterocycles. The lowest BCUT2D eigenvalue weighted by Gasteiger charge is -2.33. The number of nitrogens with zero attached hydrogens (tertiary/aromatic N) is 3. The monoisotopic (exact) mass is 549 g/mol. The number of hydrogen-bond acceptors (Lipinski definition) is 4. The average molecular weight is 550 g/mol. The second kappa shape index (κ2) is 12.9. The highest BCUT2D eigenvalue weighted by Crippen LogP contribution is 2.24. The van der Waals surface area contributed by atoms with Crippen molar-refractivity contribution >= 4 is 35.6 Å². The highest BCUT2D eigenvalue weighted by atomic mass is 127. The number of hydrogen-bond donors (Lipinski definition) is 2. The molecule has 1 atom stereocenters. The van der Waals surface area contributed by atoms with Gasteiger partial charge in [0.1, 0.15) is 5.76 Å². The van der Waals surface area contributed by atoms with Crippen molar-refractivity contribution in [2.45, 2.75) is 38.8 Å². The minimum atomic E-state index is 0. The van der Waals surface area contributed by atoms with E-state index in [-0.39, 0.29) is 30.0 Å². The lowest BCUT2D eigenvalue weighted by molar-refractivity contribution is 0.146. The molecule has 0 bridgehead atoms. The molecule has 2 aliphatic rings. The van der Waals surface area contributed by atoms with Crippen LogP contribution in [0, 0.1) is 0 Å². The summed E-state index contributed by atoms with van der Waals surface area (Å²) in [4.78, 5) is 9.76. The minimum absolute atomic E-state index is 0. The van der Waals surface area contributed by atoms with Crippen molar-refractivity contribution in [3.05, 3.63) is 66.1 Å². The van der Waals surface area contributed by atoms with Crippen LogP contribution in [0.5, 0.6) is 0 Å². The zero-order valence-corrected chi connectivity index (χ0v) is 21.3. The van der Waals surface area contributed by atoms with Crippen molar-refractivity contribution in [3.63, 3.8) is 0 Å². The highest BCUT2D eigenvalue weighted by molar-refractivity contribution is 14.0. The van der Waals surface area contributed by atoms with Gasteiger partial charge in [0.15, 0.2) is 5.96 Å². The van der Waals surface area contributed by atoms with E-state index in [9.17, 15) is 0 Å². The van der Waals surface area contributed by atoms with Crippen molar-refractivity contribution < 1.29 is 4.42 Å². The maximum atomic E-state index is 5.78. The van der Waals surface area contributed by atoms with Gasteiger partial charge in [-0.15, -0.1) is 24.0 Å². The van der Waals surface area contributed by atoms with Crippen LogP contribution in [0.3, 0.4) is 0 Å². The van der Waals surface area contributed by atoms with Gasteiger partial charge >= 0.3 is 0 Å². The molecule has 2 aliphatic heterocycles. The number of anilines is 1. The molecular weight excluding hydrogens is 513 g/mol. The van der Waals surface area contributed by atoms with Gasteiger partial charge in [0, 0.05) is 31.9 Å². The Morgan fingerprint density at radius 2 is 1.88 bits per heavy atom. The number of likely N-dealkylation sites (tertiary alicyclic amines) is 1. The van der Waals surface area contributed by atoms with Crippen LogP contribution in [-0.2, 0) is 6.54 Å². The van der Waals surface area contributed by atoms with Gasteiger partial charge in [-0.3, -0.25) is 4.90 Å². The number of guanidine groups is 1. The normalized spacial score (nSPS) is 17.8. The Labute approximate surface area is 209 Å². The molecule has 7 heteroatoms. The molecule has 0 radical (unpaired) electrons. The van der Waals surface area contributed by atoms with Crippen LogP contribution >= 0.6 is 24.0 Å². The summed E-state index contributed by atoms with van der Waals surface area (Å²) in [7, 11) is 0. The van der Waals surface area contributed by atoms with E-state index in [2.05, 4.69) is 69.8 Å². The molecule has 1 aromatic heterocycles. The van der Waals surface area contributed by atoms with Crippen LogP contribution < -0.4 is 15.5 Å². The Kier molecular flexibility index (Phi) is 9.92. The van der Waals surface area contributed by atoms with Gasteiger partial charge in [-0.2, -0.15) is 0 Å². The molecule has 1 fully saturated rings. The molecule has 0 spiro atoms. The quantitative estimate of drug-likeness (QED) is 0.219. The summed E-state index contributed by atoms with van der Waals surface area (Å²) in [5, 5.41) is 6.96. The van der Waals surface area contributed by atoms with E-state index in [0.717, 1.165) is 51.0 Å². The summed E-state index contributed by atoms with van der Waals surface area (Å²) < 4.78 is 5.78. The molecule has 0 aliphatic carbocycles. The molecule has 1 unspecified atom stereocenters. The lowest BCUT2D eigenvalue weighted by atomic mass is 10.1. The van der Waals surface area contributed by atoms with Crippen LogP contribution in [0.25, 0.3) is 0 Å². The Balaban J connectivity index is 0.00000289. The molecule has 2 N–H and O–H groups in total. The maximum absolute atomic E-state index is 5.78.